The Balaban J connectivity index is 1.93. The number of nitrogens with two attached hydrogens (primary N) is 1. The molecule has 4 heteroatoms. The Morgan fingerprint density at radius 3 is 3.06 bits per heavy atom. The summed E-state index contributed by atoms with van der Waals surface area (Å²) in [5.41, 5.74) is 9.95. The molecular weight excluding hydrogens is 200 g/mol. The van der Waals surface area contributed by atoms with Gasteiger partial charge in [0.05, 0.1) is 5.69 Å². The molecule has 2 unspecified atom stereocenters. The van der Waals surface area contributed by atoms with Crippen LogP contribution in [0.2, 0.25) is 0 Å². The van der Waals surface area contributed by atoms with Gasteiger partial charge < -0.3 is 11.1 Å². The number of hydrogen-bond acceptors (Lipinski definition) is 3. The fourth-order valence-electron chi connectivity index (χ4n) is 3.12. The average Bonchev–Trinajstić information content (AvgIpc) is 2.96. The summed E-state index contributed by atoms with van der Waals surface area (Å²) in [6.45, 7) is 2.97. The molecule has 1 saturated heterocycles. The molecule has 4 N–H and O–H groups in total. The van der Waals surface area contributed by atoms with Gasteiger partial charge in [-0.15, -0.1) is 0 Å². The van der Waals surface area contributed by atoms with Gasteiger partial charge in [-0.25, -0.2) is 0 Å². The largest absolute Gasteiger partial charge is 0.330 e. The van der Waals surface area contributed by atoms with E-state index < -0.39 is 0 Å². The third-order valence-corrected chi connectivity index (χ3v) is 4.05. The number of nitrogens with one attached hydrogen (secondary N) is 2. The third-order valence-electron chi connectivity index (χ3n) is 4.05. The number of aromatic nitrogens is 2. The Morgan fingerprint density at radius 2 is 2.31 bits per heavy atom. The number of aromatic amines is 1. The molecule has 1 aliphatic heterocycles. The molecule has 1 aromatic heterocycles. The maximum atomic E-state index is 5.82. The van der Waals surface area contributed by atoms with E-state index in [0.717, 1.165) is 19.6 Å². The van der Waals surface area contributed by atoms with Crippen LogP contribution in [-0.4, -0.2) is 29.8 Å². The molecule has 3 rings (SSSR count). The maximum Gasteiger partial charge on any atom is 0.0701 e. The van der Waals surface area contributed by atoms with E-state index in [9.17, 15) is 0 Å². The highest BCUT2D eigenvalue weighted by Crippen LogP contribution is 2.35. The minimum Gasteiger partial charge on any atom is -0.330 e. The van der Waals surface area contributed by atoms with Gasteiger partial charge in [0.25, 0.3) is 0 Å². The van der Waals surface area contributed by atoms with Gasteiger partial charge in [0.1, 0.15) is 0 Å². The van der Waals surface area contributed by atoms with Crippen LogP contribution in [-0.2, 0) is 6.42 Å². The van der Waals surface area contributed by atoms with Gasteiger partial charge in [-0.1, -0.05) is 0 Å². The molecule has 0 spiro atoms. The van der Waals surface area contributed by atoms with Crippen LogP contribution in [0.1, 0.15) is 48.0 Å². The summed E-state index contributed by atoms with van der Waals surface area (Å²) >= 11 is 0. The first-order chi connectivity index (χ1) is 7.90. The summed E-state index contributed by atoms with van der Waals surface area (Å²) in [6.07, 6.45) is 4.90. The lowest BCUT2D eigenvalue weighted by Crippen LogP contribution is -2.18. The minimum atomic E-state index is 0.513. The lowest BCUT2D eigenvalue weighted by Gasteiger charge is -2.21. The molecule has 2 aliphatic rings. The predicted molar refractivity (Wildman–Crippen MR) is 63.5 cm³/mol. The quantitative estimate of drug-likeness (QED) is 0.692. The molecule has 0 aromatic carbocycles. The van der Waals surface area contributed by atoms with E-state index in [1.807, 2.05) is 0 Å². The Kier molecular flexibility index (Phi) is 2.69. The van der Waals surface area contributed by atoms with E-state index in [-0.39, 0.29) is 0 Å². The van der Waals surface area contributed by atoms with Crippen molar-refractivity contribution in [3.8, 4) is 0 Å². The number of nitrogens with zero attached hydrogens (tertiary/aromatic N) is 1. The zero-order valence-electron chi connectivity index (χ0n) is 9.63. The molecule has 0 saturated carbocycles. The van der Waals surface area contributed by atoms with Crippen LogP contribution >= 0.6 is 0 Å². The smallest absolute Gasteiger partial charge is 0.0701 e. The van der Waals surface area contributed by atoms with Gasteiger partial charge in [0.2, 0.25) is 0 Å². The van der Waals surface area contributed by atoms with E-state index in [2.05, 4.69) is 15.5 Å². The van der Waals surface area contributed by atoms with Gasteiger partial charge in [-0.3, -0.25) is 5.10 Å². The third kappa shape index (κ3) is 1.57. The molecule has 2 heterocycles. The molecule has 0 amide bonds. The van der Waals surface area contributed by atoms with E-state index in [1.165, 1.54) is 42.6 Å². The molecule has 0 radical (unpaired) electrons. The Bertz CT molecular complexity index is 365. The number of rotatable bonds is 2. The standard InChI is InChI=1S/C12H20N4/c13-6-8-2-1-3-10-11(8)15-16-12(10)9-4-5-14-7-9/h8-9,14H,1-7,13H2,(H,15,16). The van der Waals surface area contributed by atoms with Crippen LogP contribution in [0.5, 0.6) is 0 Å². The van der Waals surface area contributed by atoms with Crippen molar-refractivity contribution in [2.75, 3.05) is 19.6 Å². The lowest BCUT2D eigenvalue weighted by atomic mass is 9.84. The topological polar surface area (TPSA) is 66.7 Å². The summed E-state index contributed by atoms with van der Waals surface area (Å²) < 4.78 is 0. The van der Waals surface area contributed by atoms with Crippen molar-refractivity contribution in [3.63, 3.8) is 0 Å². The maximum absolute atomic E-state index is 5.82. The number of hydrogen-bond donors (Lipinski definition) is 3. The van der Waals surface area contributed by atoms with Gasteiger partial charge >= 0.3 is 0 Å². The number of fused-ring (bicyclic) bond motifs is 1. The first kappa shape index (κ1) is 10.3. The van der Waals surface area contributed by atoms with Crippen LogP contribution < -0.4 is 11.1 Å². The fraction of sp³-hybridized carbons (Fsp3) is 0.750. The molecule has 0 bridgehead atoms. The second-order valence-electron chi connectivity index (χ2n) is 5.02. The lowest BCUT2D eigenvalue weighted by molar-refractivity contribution is 0.547. The van der Waals surface area contributed by atoms with E-state index in [4.69, 9.17) is 5.73 Å². The van der Waals surface area contributed by atoms with Crippen LogP contribution in [0.3, 0.4) is 0 Å². The second kappa shape index (κ2) is 4.18. The fourth-order valence-corrected chi connectivity index (χ4v) is 3.12. The molecule has 16 heavy (non-hydrogen) atoms. The van der Waals surface area contributed by atoms with Crippen molar-refractivity contribution in [1.82, 2.24) is 15.5 Å². The zero-order valence-corrected chi connectivity index (χ0v) is 9.63. The molecule has 4 nitrogen and oxygen atoms in total. The molecular formula is C12H20N4. The van der Waals surface area contributed by atoms with Crippen molar-refractivity contribution >= 4 is 0 Å². The highest BCUT2D eigenvalue weighted by molar-refractivity contribution is 5.33. The van der Waals surface area contributed by atoms with E-state index >= 15 is 0 Å². The van der Waals surface area contributed by atoms with Gasteiger partial charge in [0.15, 0.2) is 0 Å². The molecule has 1 fully saturated rings. The first-order valence-corrected chi connectivity index (χ1v) is 6.38. The van der Waals surface area contributed by atoms with Crippen molar-refractivity contribution < 1.29 is 0 Å². The SMILES string of the molecule is NCC1CCCc2c(C3CCNC3)n[nH]c21. The van der Waals surface area contributed by atoms with E-state index in [0.29, 0.717) is 11.8 Å². The van der Waals surface area contributed by atoms with Crippen molar-refractivity contribution in [2.24, 2.45) is 5.73 Å². The van der Waals surface area contributed by atoms with Crippen LogP contribution in [0.4, 0.5) is 0 Å². The first-order valence-electron chi connectivity index (χ1n) is 6.38. The van der Waals surface area contributed by atoms with Crippen LogP contribution in [0.15, 0.2) is 0 Å². The summed E-state index contributed by atoms with van der Waals surface area (Å²) in [4.78, 5) is 0. The Labute approximate surface area is 96.0 Å². The molecule has 1 aromatic rings. The van der Waals surface area contributed by atoms with Gasteiger partial charge in [0, 0.05) is 30.6 Å². The monoisotopic (exact) mass is 220 g/mol. The summed E-state index contributed by atoms with van der Waals surface area (Å²) in [5, 5.41) is 11.2. The molecule has 2 atom stereocenters. The van der Waals surface area contributed by atoms with Gasteiger partial charge in [-0.05, 0) is 37.8 Å². The predicted octanol–water partition coefficient (Wildman–Crippen LogP) is 0.865. The molecule has 1 aliphatic carbocycles. The number of H-pyrrole nitrogens is 1. The second-order valence-corrected chi connectivity index (χ2v) is 5.02. The molecule has 88 valence electrons. The van der Waals surface area contributed by atoms with Gasteiger partial charge in [-0.2, -0.15) is 5.10 Å². The highest BCUT2D eigenvalue weighted by atomic mass is 15.1. The summed E-state index contributed by atoms with van der Waals surface area (Å²) in [6, 6.07) is 0. The van der Waals surface area contributed by atoms with Crippen molar-refractivity contribution in [3.05, 3.63) is 17.0 Å². The summed E-state index contributed by atoms with van der Waals surface area (Å²) in [5.74, 6) is 1.14. The Morgan fingerprint density at radius 1 is 1.38 bits per heavy atom. The zero-order chi connectivity index (χ0) is 11.0. The van der Waals surface area contributed by atoms with Crippen LogP contribution in [0, 0.1) is 0 Å². The van der Waals surface area contributed by atoms with Crippen LogP contribution in [0.25, 0.3) is 0 Å². The Hall–Kier alpha value is -0.870. The van der Waals surface area contributed by atoms with Crippen molar-refractivity contribution in [2.45, 2.75) is 37.5 Å². The summed E-state index contributed by atoms with van der Waals surface area (Å²) in [7, 11) is 0. The normalized spacial score (nSPS) is 29.3. The highest BCUT2D eigenvalue weighted by Gasteiger charge is 2.29. The average molecular weight is 220 g/mol. The van der Waals surface area contributed by atoms with Crippen molar-refractivity contribution in [1.29, 1.82) is 0 Å². The van der Waals surface area contributed by atoms with E-state index in [1.54, 1.807) is 0 Å². The minimum absolute atomic E-state index is 0.513.